The standard InChI is InChI=1S/C20H27N3O4/c1-20(13-14-7-3-2-4-8-14,22-17(24)15-9-5-11-21-15)19(27)23-12-6-10-16(23)18(25)26/h2-4,7-8,15-16,21H,5-6,9-13H2,1H3,(H,22,24)(H,25,26)/t15-,16-,20?/m0/s1. The Kier molecular flexibility index (Phi) is 5.79. The van der Waals surface area contributed by atoms with Crippen LogP contribution in [0.2, 0.25) is 0 Å². The van der Waals surface area contributed by atoms with E-state index in [9.17, 15) is 19.5 Å². The molecule has 1 unspecified atom stereocenters. The fourth-order valence-electron chi connectivity index (χ4n) is 4.03. The molecule has 0 saturated carbocycles. The van der Waals surface area contributed by atoms with Crippen LogP contribution < -0.4 is 10.6 Å². The van der Waals surface area contributed by atoms with Gasteiger partial charge in [0.2, 0.25) is 11.8 Å². The van der Waals surface area contributed by atoms with Crippen LogP contribution in [0, 0.1) is 0 Å². The maximum atomic E-state index is 13.4. The third-order valence-corrected chi connectivity index (χ3v) is 5.45. The highest BCUT2D eigenvalue weighted by Crippen LogP contribution is 2.25. The van der Waals surface area contributed by atoms with Gasteiger partial charge in [0.05, 0.1) is 6.04 Å². The van der Waals surface area contributed by atoms with Crippen molar-refractivity contribution in [1.29, 1.82) is 0 Å². The van der Waals surface area contributed by atoms with Gasteiger partial charge in [-0.2, -0.15) is 0 Å². The average Bonchev–Trinajstić information content (AvgIpc) is 3.33. The molecule has 2 saturated heterocycles. The third-order valence-electron chi connectivity index (χ3n) is 5.45. The average molecular weight is 373 g/mol. The van der Waals surface area contributed by atoms with Crippen LogP contribution in [0.3, 0.4) is 0 Å². The number of benzene rings is 1. The van der Waals surface area contributed by atoms with Crippen LogP contribution >= 0.6 is 0 Å². The van der Waals surface area contributed by atoms with Crippen molar-refractivity contribution in [1.82, 2.24) is 15.5 Å². The number of nitrogens with zero attached hydrogens (tertiary/aromatic N) is 1. The molecule has 0 bridgehead atoms. The van der Waals surface area contributed by atoms with E-state index >= 15 is 0 Å². The Morgan fingerprint density at radius 2 is 1.96 bits per heavy atom. The molecule has 0 aromatic heterocycles. The Morgan fingerprint density at radius 1 is 1.22 bits per heavy atom. The highest BCUT2D eigenvalue weighted by Gasteiger charge is 2.44. The number of aliphatic carboxylic acids is 1. The Hall–Kier alpha value is -2.41. The molecule has 7 heteroatoms. The van der Waals surface area contributed by atoms with Crippen LogP contribution in [0.5, 0.6) is 0 Å². The number of rotatable bonds is 6. The molecular formula is C20H27N3O4. The fraction of sp³-hybridized carbons (Fsp3) is 0.550. The van der Waals surface area contributed by atoms with Crippen LogP contribution in [0.25, 0.3) is 0 Å². The molecule has 2 amide bonds. The van der Waals surface area contributed by atoms with Crippen LogP contribution in [-0.4, -0.2) is 58.5 Å². The first kappa shape index (κ1) is 19.4. The Morgan fingerprint density at radius 3 is 2.59 bits per heavy atom. The monoisotopic (exact) mass is 373 g/mol. The van der Waals surface area contributed by atoms with Crippen molar-refractivity contribution in [2.45, 2.75) is 56.7 Å². The molecule has 2 aliphatic heterocycles. The van der Waals surface area contributed by atoms with Crippen LogP contribution in [0.1, 0.15) is 38.2 Å². The maximum absolute atomic E-state index is 13.4. The number of carboxylic acid groups (broad SMARTS) is 1. The summed E-state index contributed by atoms with van der Waals surface area (Å²) in [6, 6.07) is 8.35. The summed E-state index contributed by atoms with van der Waals surface area (Å²) in [6.45, 7) is 2.89. The number of hydrogen-bond acceptors (Lipinski definition) is 4. The molecular weight excluding hydrogens is 346 g/mol. The zero-order valence-corrected chi connectivity index (χ0v) is 15.6. The van der Waals surface area contributed by atoms with Gasteiger partial charge in [-0.05, 0) is 44.7 Å². The molecule has 146 valence electrons. The first-order chi connectivity index (χ1) is 12.9. The molecule has 3 N–H and O–H groups in total. The zero-order valence-electron chi connectivity index (χ0n) is 15.6. The van der Waals surface area contributed by atoms with Gasteiger partial charge in [-0.25, -0.2) is 4.79 Å². The molecule has 0 spiro atoms. The summed E-state index contributed by atoms with van der Waals surface area (Å²) in [5, 5.41) is 15.5. The lowest BCUT2D eigenvalue weighted by Gasteiger charge is -2.36. The molecule has 1 aromatic carbocycles. The highest BCUT2D eigenvalue weighted by atomic mass is 16.4. The SMILES string of the molecule is CC(Cc1ccccc1)(NC(=O)[C@@H]1CCCN1)C(=O)N1CCC[C@H]1C(=O)O. The largest absolute Gasteiger partial charge is 0.480 e. The topological polar surface area (TPSA) is 98.7 Å². The summed E-state index contributed by atoms with van der Waals surface area (Å²) < 4.78 is 0. The Labute approximate surface area is 159 Å². The maximum Gasteiger partial charge on any atom is 0.326 e. The van der Waals surface area contributed by atoms with E-state index in [-0.39, 0.29) is 17.9 Å². The lowest BCUT2D eigenvalue weighted by Crippen LogP contribution is -2.62. The first-order valence-corrected chi connectivity index (χ1v) is 9.54. The van der Waals surface area contributed by atoms with Crippen molar-refractivity contribution in [3.63, 3.8) is 0 Å². The van der Waals surface area contributed by atoms with Gasteiger partial charge in [0.15, 0.2) is 0 Å². The van der Waals surface area contributed by atoms with E-state index in [4.69, 9.17) is 0 Å². The molecule has 0 radical (unpaired) electrons. The predicted molar refractivity (Wildman–Crippen MR) is 100 cm³/mol. The van der Waals surface area contributed by atoms with Crippen LogP contribution in [0.4, 0.5) is 0 Å². The lowest BCUT2D eigenvalue weighted by atomic mass is 9.90. The summed E-state index contributed by atoms with van der Waals surface area (Å²) in [6.07, 6.45) is 3.08. The van der Waals surface area contributed by atoms with Gasteiger partial charge >= 0.3 is 5.97 Å². The van der Waals surface area contributed by atoms with Crippen molar-refractivity contribution in [3.05, 3.63) is 35.9 Å². The van der Waals surface area contributed by atoms with Crippen molar-refractivity contribution >= 4 is 17.8 Å². The van der Waals surface area contributed by atoms with E-state index < -0.39 is 17.6 Å². The van der Waals surface area contributed by atoms with Crippen molar-refractivity contribution in [3.8, 4) is 0 Å². The molecule has 7 nitrogen and oxygen atoms in total. The molecule has 1 aromatic rings. The zero-order chi connectivity index (χ0) is 19.4. The van der Waals surface area contributed by atoms with E-state index in [0.29, 0.717) is 25.8 Å². The summed E-state index contributed by atoms with van der Waals surface area (Å²) in [7, 11) is 0. The van der Waals surface area contributed by atoms with E-state index in [1.165, 1.54) is 4.90 Å². The van der Waals surface area contributed by atoms with E-state index in [1.54, 1.807) is 6.92 Å². The van der Waals surface area contributed by atoms with Gasteiger partial charge in [0.25, 0.3) is 0 Å². The van der Waals surface area contributed by atoms with Crippen LogP contribution in [0.15, 0.2) is 30.3 Å². The van der Waals surface area contributed by atoms with E-state index in [0.717, 1.165) is 24.9 Å². The molecule has 0 aliphatic carbocycles. The quantitative estimate of drug-likeness (QED) is 0.689. The number of carboxylic acids is 1. The minimum atomic E-state index is -1.19. The third kappa shape index (κ3) is 4.30. The van der Waals surface area contributed by atoms with Crippen molar-refractivity contribution in [2.75, 3.05) is 13.1 Å². The molecule has 2 heterocycles. The van der Waals surface area contributed by atoms with Crippen molar-refractivity contribution < 1.29 is 19.5 Å². The van der Waals surface area contributed by atoms with E-state index in [1.807, 2.05) is 30.3 Å². The van der Waals surface area contributed by atoms with E-state index in [2.05, 4.69) is 10.6 Å². The number of carbonyl (C=O) groups excluding carboxylic acids is 2. The van der Waals surface area contributed by atoms with Gasteiger partial charge in [-0.15, -0.1) is 0 Å². The summed E-state index contributed by atoms with van der Waals surface area (Å²) >= 11 is 0. The number of carbonyl (C=O) groups is 3. The Balaban J connectivity index is 1.84. The molecule has 3 rings (SSSR count). The fourth-order valence-corrected chi connectivity index (χ4v) is 4.03. The second-order valence-corrected chi connectivity index (χ2v) is 7.63. The summed E-state index contributed by atoms with van der Waals surface area (Å²) in [5.41, 5.74) is -0.278. The number of hydrogen-bond donors (Lipinski definition) is 3. The van der Waals surface area contributed by atoms with Gasteiger partial charge in [0.1, 0.15) is 11.6 Å². The molecule has 2 fully saturated rings. The normalized spacial score (nSPS) is 24.4. The highest BCUT2D eigenvalue weighted by molar-refractivity contribution is 5.95. The van der Waals surface area contributed by atoms with Gasteiger partial charge in [0, 0.05) is 13.0 Å². The number of nitrogens with one attached hydrogen (secondary N) is 2. The lowest BCUT2D eigenvalue weighted by molar-refractivity contribution is -0.151. The minimum Gasteiger partial charge on any atom is -0.480 e. The van der Waals surface area contributed by atoms with Crippen molar-refractivity contribution in [2.24, 2.45) is 0 Å². The van der Waals surface area contributed by atoms with Gasteiger partial charge in [-0.3, -0.25) is 9.59 Å². The number of likely N-dealkylation sites (tertiary alicyclic amines) is 1. The molecule has 27 heavy (non-hydrogen) atoms. The number of amides is 2. The summed E-state index contributed by atoms with van der Waals surface area (Å²) in [4.78, 5) is 39.0. The first-order valence-electron chi connectivity index (χ1n) is 9.54. The smallest absolute Gasteiger partial charge is 0.326 e. The van der Waals surface area contributed by atoms with Gasteiger partial charge in [-0.1, -0.05) is 30.3 Å². The predicted octanol–water partition coefficient (Wildman–Crippen LogP) is 0.932. The molecule has 3 atom stereocenters. The summed E-state index contributed by atoms with van der Waals surface area (Å²) in [5.74, 6) is -1.53. The second kappa shape index (κ2) is 8.08. The van der Waals surface area contributed by atoms with Crippen LogP contribution in [-0.2, 0) is 20.8 Å². The molecule has 2 aliphatic rings. The minimum absolute atomic E-state index is 0.203. The Bertz CT molecular complexity index is 702. The van der Waals surface area contributed by atoms with Gasteiger partial charge < -0.3 is 20.6 Å². The second-order valence-electron chi connectivity index (χ2n) is 7.63.